The van der Waals surface area contributed by atoms with Crippen molar-refractivity contribution in [3.63, 3.8) is 0 Å². The third-order valence-electron chi connectivity index (χ3n) is 1.93. The highest BCUT2D eigenvalue weighted by atomic mass is 16.4. The third kappa shape index (κ3) is 7.04. The molecule has 0 aromatic heterocycles. The maximum atomic E-state index is 11.2. The maximum Gasteiger partial charge on any atom is 0.326 e. The summed E-state index contributed by atoms with van der Waals surface area (Å²) >= 11 is 0. The molecule has 0 saturated heterocycles. The third-order valence-corrected chi connectivity index (χ3v) is 1.93. The second-order valence-corrected chi connectivity index (χ2v) is 3.38. The molecule has 0 aliphatic heterocycles. The van der Waals surface area contributed by atoms with Crippen molar-refractivity contribution in [1.29, 1.82) is 0 Å². The predicted octanol–water partition coefficient (Wildman–Crippen LogP) is -2.25. The van der Waals surface area contributed by atoms with Crippen LogP contribution in [0.5, 0.6) is 0 Å². The molecule has 0 aromatic rings. The molecule has 0 saturated carbocycles. The molecule has 6 N–H and O–H groups in total. The Morgan fingerprint density at radius 2 is 1.89 bits per heavy atom. The number of primary amides is 1. The van der Waals surface area contributed by atoms with E-state index in [2.05, 4.69) is 16.0 Å². The van der Waals surface area contributed by atoms with Crippen LogP contribution in [0.15, 0.2) is 0 Å². The van der Waals surface area contributed by atoms with E-state index in [1.165, 1.54) is 7.05 Å². The van der Waals surface area contributed by atoms with Gasteiger partial charge in [0.15, 0.2) is 0 Å². The standard InChI is InChI=1S/C9H16N4O5/c1-11-7(15)2-3-12-9(18)13-5(8(16)17)4-6(10)14/h5H,2-4H2,1H3,(H2,10,14)(H,11,15)(H,16,17)(H2,12,13,18)/t5-/m1/s1. The Morgan fingerprint density at radius 1 is 1.28 bits per heavy atom. The number of carboxylic acid groups (broad SMARTS) is 1. The minimum Gasteiger partial charge on any atom is -0.480 e. The number of hydrogen-bond donors (Lipinski definition) is 5. The molecule has 0 bridgehead atoms. The van der Waals surface area contributed by atoms with Crippen LogP contribution >= 0.6 is 0 Å². The zero-order valence-corrected chi connectivity index (χ0v) is 9.86. The molecule has 9 nitrogen and oxygen atoms in total. The first-order valence-electron chi connectivity index (χ1n) is 5.13. The molecule has 0 heterocycles. The van der Waals surface area contributed by atoms with Crippen LogP contribution < -0.4 is 21.7 Å². The Morgan fingerprint density at radius 3 is 2.33 bits per heavy atom. The van der Waals surface area contributed by atoms with E-state index in [1.54, 1.807) is 0 Å². The molecule has 4 amide bonds. The van der Waals surface area contributed by atoms with Gasteiger partial charge in [-0.05, 0) is 0 Å². The van der Waals surface area contributed by atoms with Gasteiger partial charge in [0.1, 0.15) is 6.04 Å². The number of hydrogen-bond acceptors (Lipinski definition) is 4. The zero-order chi connectivity index (χ0) is 14.1. The smallest absolute Gasteiger partial charge is 0.326 e. The van der Waals surface area contributed by atoms with Crippen LogP contribution in [0.3, 0.4) is 0 Å². The molecular formula is C9H16N4O5. The van der Waals surface area contributed by atoms with Crippen LogP contribution in [-0.2, 0) is 14.4 Å². The lowest BCUT2D eigenvalue weighted by atomic mass is 10.2. The summed E-state index contributed by atoms with van der Waals surface area (Å²) in [6.07, 6.45) is -0.435. The van der Waals surface area contributed by atoms with Crippen molar-refractivity contribution in [3.8, 4) is 0 Å². The van der Waals surface area contributed by atoms with Gasteiger partial charge in [-0.2, -0.15) is 0 Å². The van der Waals surface area contributed by atoms with Crippen LogP contribution in [-0.4, -0.2) is 48.6 Å². The van der Waals surface area contributed by atoms with Crippen molar-refractivity contribution in [2.45, 2.75) is 18.9 Å². The van der Waals surface area contributed by atoms with E-state index in [-0.39, 0.29) is 18.9 Å². The Hall–Kier alpha value is -2.32. The van der Waals surface area contributed by atoms with Gasteiger partial charge in [0, 0.05) is 20.0 Å². The predicted molar refractivity (Wildman–Crippen MR) is 60.5 cm³/mol. The van der Waals surface area contributed by atoms with Gasteiger partial charge in [0.25, 0.3) is 0 Å². The van der Waals surface area contributed by atoms with Gasteiger partial charge in [0.2, 0.25) is 11.8 Å². The summed E-state index contributed by atoms with van der Waals surface area (Å²) in [5.74, 6) is -2.47. The lowest BCUT2D eigenvalue weighted by Gasteiger charge is -2.13. The Labute approximate surface area is 103 Å². The summed E-state index contributed by atoms with van der Waals surface area (Å²) in [6.45, 7) is 0.0500. The second kappa shape index (κ2) is 7.87. The van der Waals surface area contributed by atoms with Crippen LogP contribution in [0, 0.1) is 0 Å². The van der Waals surface area contributed by atoms with Gasteiger partial charge < -0.3 is 26.8 Å². The average Bonchev–Trinajstić information content (AvgIpc) is 2.27. The molecule has 9 heteroatoms. The molecule has 0 fully saturated rings. The van der Waals surface area contributed by atoms with Crippen LogP contribution in [0.4, 0.5) is 4.79 Å². The maximum absolute atomic E-state index is 11.2. The second-order valence-electron chi connectivity index (χ2n) is 3.38. The number of aliphatic carboxylic acids is 1. The van der Waals surface area contributed by atoms with Gasteiger partial charge >= 0.3 is 12.0 Å². The first-order chi connectivity index (χ1) is 8.36. The minimum atomic E-state index is -1.39. The fraction of sp³-hybridized carbons (Fsp3) is 0.556. The van der Waals surface area contributed by atoms with E-state index >= 15 is 0 Å². The minimum absolute atomic E-state index is 0.0500. The van der Waals surface area contributed by atoms with E-state index in [9.17, 15) is 19.2 Å². The molecule has 0 unspecified atom stereocenters. The summed E-state index contributed by atoms with van der Waals surface area (Å²) in [5.41, 5.74) is 4.84. The number of nitrogens with one attached hydrogen (secondary N) is 3. The highest BCUT2D eigenvalue weighted by Crippen LogP contribution is 1.91. The monoisotopic (exact) mass is 260 g/mol. The fourth-order valence-corrected chi connectivity index (χ4v) is 1.03. The van der Waals surface area contributed by atoms with E-state index in [0.29, 0.717) is 0 Å². The van der Waals surface area contributed by atoms with Gasteiger partial charge in [-0.3, -0.25) is 9.59 Å². The molecule has 0 radical (unpaired) electrons. The lowest BCUT2D eigenvalue weighted by Crippen LogP contribution is -2.48. The molecule has 0 aliphatic rings. The molecule has 102 valence electrons. The number of urea groups is 1. The number of amides is 4. The number of carbonyl (C=O) groups is 4. The zero-order valence-electron chi connectivity index (χ0n) is 9.86. The molecule has 0 spiro atoms. The van der Waals surface area contributed by atoms with Crippen LogP contribution in [0.1, 0.15) is 12.8 Å². The Bertz CT molecular complexity index is 344. The molecule has 0 aliphatic carbocycles. The normalized spacial score (nSPS) is 11.2. The number of carbonyl (C=O) groups excluding carboxylic acids is 3. The summed E-state index contributed by atoms with van der Waals surface area (Å²) in [4.78, 5) is 43.3. The van der Waals surface area contributed by atoms with Crippen molar-refractivity contribution in [3.05, 3.63) is 0 Å². The molecule has 18 heavy (non-hydrogen) atoms. The van der Waals surface area contributed by atoms with Crippen molar-refractivity contribution >= 4 is 23.8 Å². The largest absolute Gasteiger partial charge is 0.480 e. The van der Waals surface area contributed by atoms with Crippen molar-refractivity contribution < 1.29 is 24.3 Å². The average molecular weight is 260 g/mol. The lowest BCUT2D eigenvalue weighted by molar-refractivity contribution is -0.140. The topological polar surface area (TPSA) is 151 Å². The molecule has 0 rings (SSSR count). The van der Waals surface area contributed by atoms with Crippen molar-refractivity contribution in [1.82, 2.24) is 16.0 Å². The van der Waals surface area contributed by atoms with Crippen molar-refractivity contribution in [2.75, 3.05) is 13.6 Å². The Balaban J connectivity index is 4.06. The fourth-order valence-electron chi connectivity index (χ4n) is 1.03. The van der Waals surface area contributed by atoms with Crippen LogP contribution in [0.25, 0.3) is 0 Å². The van der Waals surface area contributed by atoms with Gasteiger partial charge in [-0.1, -0.05) is 0 Å². The summed E-state index contributed by atoms with van der Waals surface area (Å²) in [7, 11) is 1.45. The first kappa shape index (κ1) is 15.7. The number of carboxylic acids is 1. The molecular weight excluding hydrogens is 244 g/mol. The SMILES string of the molecule is CNC(=O)CCNC(=O)N[C@H](CC(N)=O)C(=O)O. The summed E-state index contributed by atoms with van der Waals surface area (Å²) in [6, 6.07) is -2.17. The summed E-state index contributed by atoms with van der Waals surface area (Å²) < 4.78 is 0. The van der Waals surface area contributed by atoms with Crippen LogP contribution in [0.2, 0.25) is 0 Å². The van der Waals surface area contributed by atoms with Gasteiger partial charge in [-0.15, -0.1) is 0 Å². The van der Waals surface area contributed by atoms with E-state index in [4.69, 9.17) is 10.8 Å². The highest BCUT2D eigenvalue weighted by Gasteiger charge is 2.21. The van der Waals surface area contributed by atoms with E-state index in [0.717, 1.165) is 0 Å². The van der Waals surface area contributed by atoms with E-state index in [1.807, 2.05) is 0 Å². The first-order valence-corrected chi connectivity index (χ1v) is 5.13. The number of rotatable bonds is 7. The van der Waals surface area contributed by atoms with Gasteiger partial charge in [0.05, 0.1) is 6.42 Å². The molecule has 1 atom stereocenters. The van der Waals surface area contributed by atoms with E-state index < -0.39 is 30.4 Å². The quantitative estimate of drug-likeness (QED) is 0.350. The highest BCUT2D eigenvalue weighted by molar-refractivity contribution is 5.87. The molecule has 0 aromatic carbocycles. The Kier molecular flexibility index (Phi) is 6.86. The van der Waals surface area contributed by atoms with Gasteiger partial charge in [-0.25, -0.2) is 9.59 Å². The summed E-state index contributed by atoms with van der Waals surface area (Å²) in [5, 5.41) is 15.4. The number of nitrogens with two attached hydrogens (primary N) is 1. The van der Waals surface area contributed by atoms with Crippen molar-refractivity contribution in [2.24, 2.45) is 5.73 Å².